The highest BCUT2D eigenvalue weighted by molar-refractivity contribution is 5.74. The average molecular weight is 273 g/mol. The molecule has 0 saturated heterocycles. The van der Waals surface area contributed by atoms with Gasteiger partial charge in [0.05, 0.1) is 6.54 Å². The Kier molecular flexibility index (Phi) is 3.23. The number of hydrogen-bond donors (Lipinski definition) is 1. The number of carboxylic acid groups (broad SMARTS) is 1. The number of fused-ring (bicyclic) bond motifs is 1. The monoisotopic (exact) mass is 273 g/mol. The normalized spacial score (nSPS) is 18.8. The first-order chi connectivity index (χ1) is 9.63. The van der Waals surface area contributed by atoms with Crippen LogP contribution in [0.5, 0.6) is 0 Å². The van der Waals surface area contributed by atoms with Crippen molar-refractivity contribution >= 4 is 5.97 Å². The molecular formula is C14H15N3O3. The number of carbonyl (C=O) groups is 1. The third-order valence-corrected chi connectivity index (χ3v) is 3.54. The molecule has 2 heterocycles. The van der Waals surface area contributed by atoms with Gasteiger partial charge in [0.1, 0.15) is 6.04 Å². The zero-order valence-electron chi connectivity index (χ0n) is 11.1. The van der Waals surface area contributed by atoms with Crippen LogP contribution < -0.4 is 0 Å². The summed E-state index contributed by atoms with van der Waals surface area (Å²) in [6, 6.07) is 7.36. The van der Waals surface area contributed by atoms with Gasteiger partial charge in [0.25, 0.3) is 0 Å². The van der Waals surface area contributed by atoms with E-state index >= 15 is 0 Å². The van der Waals surface area contributed by atoms with Crippen LogP contribution in [-0.4, -0.2) is 32.2 Å². The lowest BCUT2D eigenvalue weighted by atomic mass is 9.94. The number of carboxylic acids is 1. The molecule has 0 aliphatic carbocycles. The molecule has 1 aromatic heterocycles. The Morgan fingerprint density at radius 3 is 2.80 bits per heavy atom. The second-order valence-electron chi connectivity index (χ2n) is 4.95. The smallest absolute Gasteiger partial charge is 0.321 e. The molecule has 0 radical (unpaired) electrons. The first-order valence-corrected chi connectivity index (χ1v) is 6.46. The molecule has 6 heteroatoms. The zero-order valence-corrected chi connectivity index (χ0v) is 11.1. The van der Waals surface area contributed by atoms with Gasteiger partial charge in [0, 0.05) is 13.5 Å². The SMILES string of the molecule is Cc1nnc(CN2Cc3ccccc3CC2C(=O)O)o1. The van der Waals surface area contributed by atoms with Crippen LogP contribution in [0.1, 0.15) is 22.9 Å². The third kappa shape index (κ3) is 2.42. The lowest BCUT2D eigenvalue weighted by Gasteiger charge is -2.33. The van der Waals surface area contributed by atoms with Crippen LogP contribution >= 0.6 is 0 Å². The van der Waals surface area contributed by atoms with Gasteiger partial charge >= 0.3 is 5.97 Å². The van der Waals surface area contributed by atoms with E-state index in [1.807, 2.05) is 29.2 Å². The van der Waals surface area contributed by atoms with E-state index in [0.717, 1.165) is 11.1 Å². The molecule has 2 aromatic rings. The van der Waals surface area contributed by atoms with E-state index in [1.165, 1.54) is 0 Å². The number of aliphatic carboxylic acids is 1. The predicted octanol–water partition coefficient (Wildman–Crippen LogP) is 1.39. The topological polar surface area (TPSA) is 79.5 Å². The molecule has 20 heavy (non-hydrogen) atoms. The van der Waals surface area contributed by atoms with Gasteiger partial charge in [-0.2, -0.15) is 0 Å². The molecule has 1 unspecified atom stereocenters. The van der Waals surface area contributed by atoms with Crippen LogP contribution in [0.4, 0.5) is 0 Å². The fourth-order valence-corrected chi connectivity index (χ4v) is 2.56. The van der Waals surface area contributed by atoms with E-state index in [4.69, 9.17) is 4.42 Å². The zero-order chi connectivity index (χ0) is 14.1. The Morgan fingerprint density at radius 2 is 2.15 bits per heavy atom. The minimum atomic E-state index is -0.823. The molecule has 0 fully saturated rings. The van der Waals surface area contributed by atoms with Crippen LogP contribution in [-0.2, 0) is 24.3 Å². The number of nitrogens with zero attached hydrogens (tertiary/aromatic N) is 3. The highest BCUT2D eigenvalue weighted by Gasteiger charge is 2.32. The summed E-state index contributed by atoms with van der Waals surface area (Å²) in [5.74, 6) is 0.119. The Balaban J connectivity index is 1.86. The quantitative estimate of drug-likeness (QED) is 0.910. The molecule has 1 atom stereocenters. The third-order valence-electron chi connectivity index (χ3n) is 3.54. The van der Waals surface area contributed by atoms with E-state index < -0.39 is 12.0 Å². The summed E-state index contributed by atoms with van der Waals surface area (Å²) >= 11 is 0. The van der Waals surface area contributed by atoms with Crippen molar-refractivity contribution in [3.8, 4) is 0 Å². The van der Waals surface area contributed by atoms with E-state index in [0.29, 0.717) is 31.3 Å². The molecule has 6 nitrogen and oxygen atoms in total. The Morgan fingerprint density at radius 1 is 1.40 bits per heavy atom. The molecule has 1 aromatic carbocycles. The fraction of sp³-hybridized carbons (Fsp3) is 0.357. The van der Waals surface area contributed by atoms with Gasteiger partial charge in [-0.05, 0) is 17.5 Å². The largest absolute Gasteiger partial charge is 0.480 e. The fourth-order valence-electron chi connectivity index (χ4n) is 2.56. The van der Waals surface area contributed by atoms with Gasteiger partial charge in [-0.25, -0.2) is 0 Å². The highest BCUT2D eigenvalue weighted by Crippen LogP contribution is 2.24. The van der Waals surface area contributed by atoms with E-state index in [2.05, 4.69) is 10.2 Å². The minimum Gasteiger partial charge on any atom is -0.480 e. The van der Waals surface area contributed by atoms with Gasteiger partial charge in [-0.15, -0.1) is 10.2 Å². The van der Waals surface area contributed by atoms with Gasteiger partial charge in [0.15, 0.2) is 0 Å². The first-order valence-electron chi connectivity index (χ1n) is 6.46. The molecule has 3 rings (SSSR count). The molecule has 0 bridgehead atoms. The molecule has 1 aliphatic heterocycles. The predicted molar refractivity (Wildman–Crippen MR) is 69.9 cm³/mol. The maximum Gasteiger partial charge on any atom is 0.321 e. The Hall–Kier alpha value is -2.21. The minimum absolute atomic E-state index is 0.353. The maximum atomic E-state index is 11.5. The maximum absolute atomic E-state index is 11.5. The van der Waals surface area contributed by atoms with E-state index in [1.54, 1.807) is 6.92 Å². The number of hydrogen-bond acceptors (Lipinski definition) is 5. The van der Waals surface area contributed by atoms with Crippen LogP contribution in [0.3, 0.4) is 0 Å². The van der Waals surface area contributed by atoms with Crippen LogP contribution in [0, 0.1) is 6.92 Å². The molecule has 0 spiro atoms. The average Bonchev–Trinajstić information content (AvgIpc) is 2.83. The molecular weight excluding hydrogens is 258 g/mol. The number of benzene rings is 1. The molecule has 104 valence electrons. The number of aromatic nitrogens is 2. The van der Waals surface area contributed by atoms with Crippen molar-refractivity contribution in [2.75, 3.05) is 0 Å². The Bertz CT molecular complexity index is 638. The molecule has 0 amide bonds. The van der Waals surface area contributed by atoms with Crippen LogP contribution in [0.25, 0.3) is 0 Å². The van der Waals surface area contributed by atoms with Crippen molar-refractivity contribution in [2.45, 2.75) is 32.5 Å². The van der Waals surface area contributed by atoms with Crippen molar-refractivity contribution in [3.63, 3.8) is 0 Å². The molecule has 0 saturated carbocycles. The summed E-state index contributed by atoms with van der Waals surface area (Å²) < 4.78 is 5.35. The van der Waals surface area contributed by atoms with Crippen LogP contribution in [0.2, 0.25) is 0 Å². The summed E-state index contributed by atoms with van der Waals surface area (Å²) in [4.78, 5) is 13.3. The van der Waals surface area contributed by atoms with Crippen molar-refractivity contribution in [3.05, 3.63) is 47.2 Å². The second-order valence-corrected chi connectivity index (χ2v) is 4.95. The van der Waals surface area contributed by atoms with Gasteiger partial charge in [-0.1, -0.05) is 24.3 Å². The summed E-state index contributed by atoms with van der Waals surface area (Å²) in [7, 11) is 0. The number of aryl methyl sites for hydroxylation is 1. The standard InChI is InChI=1S/C14H15N3O3/c1-9-15-16-13(20-9)8-17-7-11-5-3-2-4-10(11)6-12(17)14(18)19/h2-5,12H,6-8H2,1H3,(H,18,19). The summed E-state index contributed by atoms with van der Waals surface area (Å²) in [5, 5.41) is 17.1. The Labute approximate surface area is 116 Å². The van der Waals surface area contributed by atoms with E-state index in [9.17, 15) is 9.90 Å². The van der Waals surface area contributed by atoms with Crippen molar-refractivity contribution in [1.82, 2.24) is 15.1 Å². The van der Waals surface area contributed by atoms with Gasteiger partial charge in [-0.3, -0.25) is 9.69 Å². The van der Waals surface area contributed by atoms with Gasteiger partial charge in [0.2, 0.25) is 11.8 Å². The number of rotatable bonds is 3. The second kappa shape index (κ2) is 5.05. The highest BCUT2D eigenvalue weighted by atomic mass is 16.4. The van der Waals surface area contributed by atoms with Gasteiger partial charge < -0.3 is 9.52 Å². The van der Waals surface area contributed by atoms with Crippen molar-refractivity contribution < 1.29 is 14.3 Å². The summed E-state index contributed by atoms with van der Waals surface area (Å²) in [6.07, 6.45) is 0.499. The van der Waals surface area contributed by atoms with Crippen molar-refractivity contribution in [1.29, 1.82) is 0 Å². The first kappa shape index (κ1) is 12.8. The summed E-state index contributed by atoms with van der Waals surface area (Å²) in [6.45, 7) is 2.65. The van der Waals surface area contributed by atoms with Crippen LogP contribution in [0.15, 0.2) is 28.7 Å². The lowest BCUT2D eigenvalue weighted by molar-refractivity contribution is -0.144. The lowest BCUT2D eigenvalue weighted by Crippen LogP contribution is -2.45. The van der Waals surface area contributed by atoms with Crippen molar-refractivity contribution in [2.24, 2.45) is 0 Å². The summed E-state index contributed by atoms with van der Waals surface area (Å²) in [5.41, 5.74) is 2.25. The molecule has 1 aliphatic rings. The molecule has 1 N–H and O–H groups in total. The van der Waals surface area contributed by atoms with E-state index in [-0.39, 0.29) is 0 Å².